The van der Waals surface area contributed by atoms with Crippen LogP contribution in [0.2, 0.25) is 0 Å². The van der Waals surface area contributed by atoms with Crippen LogP contribution in [0, 0.1) is 0 Å². The van der Waals surface area contributed by atoms with Crippen molar-refractivity contribution in [3.63, 3.8) is 0 Å². The second kappa shape index (κ2) is 7.98. The van der Waals surface area contributed by atoms with Crippen LogP contribution in [0.4, 0.5) is 0 Å². The summed E-state index contributed by atoms with van der Waals surface area (Å²) in [6.07, 6.45) is 6.19. The summed E-state index contributed by atoms with van der Waals surface area (Å²) >= 11 is 0. The summed E-state index contributed by atoms with van der Waals surface area (Å²) in [5.74, 6) is 0.193. The number of amides is 2. The van der Waals surface area contributed by atoms with Gasteiger partial charge in [-0.2, -0.15) is 5.10 Å². The Hall–Kier alpha value is -1.93. The standard InChI is InChI=1S/C19H30N6O2/c1-22-8-3-5-17(22)19(27)24-12-10-23(11-13-24)18(26)16-6-9-25(21-16)15-4-2-7-20-14-15/h6,9,15,17,20H,2-5,7-8,10-14H2,1H3. The topological polar surface area (TPSA) is 73.7 Å². The molecule has 27 heavy (non-hydrogen) atoms. The molecule has 8 nitrogen and oxygen atoms in total. The molecule has 3 saturated heterocycles. The lowest BCUT2D eigenvalue weighted by molar-refractivity contribution is -0.137. The number of nitrogens with one attached hydrogen (secondary N) is 1. The molecule has 0 aliphatic carbocycles. The number of carbonyl (C=O) groups is 2. The van der Waals surface area contributed by atoms with Gasteiger partial charge >= 0.3 is 0 Å². The lowest BCUT2D eigenvalue weighted by Crippen LogP contribution is -2.54. The summed E-state index contributed by atoms with van der Waals surface area (Å²) in [7, 11) is 2.02. The van der Waals surface area contributed by atoms with Crippen molar-refractivity contribution in [1.82, 2.24) is 29.8 Å². The predicted molar refractivity (Wildman–Crippen MR) is 102 cm³/mol. The molecule has 0 bridgehead atoms. The monoisotopic (exact) mass is 374 g/mol. The minimum absolute atomic E-state index is 0.0204. The Bertz CT molecular complexity index is 675. The van der Waals surface area contributed by atoms with Gasteiger partial charge in [0.2, 0.25) is 5.91 Å². The molecular weight excluding hydrogens is 344 g/mol. The molecule has 3 aliphatic rings. The van der Waals surface area contributed by atoms with E-state index in [9.17, 15) is 9.59 Å². The average molecular weight is 374 g/mol. The molecular formula is C19H30N6O2. The molecule has 3 fully saturated rings. The normalized spacial score (nSPS) is 27.1. The third-order valence-corrected chi connectivity index (χ3v) is 6.16. The van der Waals surface area contributed by atoms with Gasteiger partial charge in [0.05, 0.1) is 12.1 Å². The van der Waals surface area contributed by atoms with Crippen LogP contribution in [-0.4, -0.2) is 95.2 Å². The Morgan fingerprint density at radius 1 is 1.07 bits per heavy atom. The molecule has 4 heterocycles. The first kappa shape index (κ1) is 18.4. The number of piperidine rings is 1. The first-order chi connectivity index (χ1) is 13.1. The molecule has 2 atom stereocenters. The summed E-state index contributed by atoms with van der Waals surface area (Å²) in [6, 6.07) is 2.17. The van der Waals surface area contributed by atoms with Crippen LogP contribution >= 0.6 is 0 Å². The van der Waals surface area contributed by atoms with Gasteiger partial charge in [-0.25, -0.2) is 0 Å². The van der Waals surface area contributed by atoms with E-state index in [-0.39, 0.29) is 17.9 Å². The van der Waals surface area contributed by atoms with E-state index < -0.39 is 0 Å². The maximum absolute atomic E-state index is 12.8. The summed E-state index contributed by atoms with van der Waals surface area (Å²) in [6.45, 7) is 5.35. The fourth-order valence-corrected chi connectivity index (χ4v) is 4.44. The van der Waals surface area contributed by atoms with Crippen LogP contribution in [0.25, 0.3) is 0 Å². The highest BCUT2D eigenvalue weighted by atomic mass is 16.2. The highest BCUT2D eigenvalue weighted by molar-refractivity contribution is 5.92. The fraction of sp³-hybridized carbons (Fsp3) is 0.737. The quantitative estimate of drug-likeness (QED) is 0.817. The zero-order valence-corrected chi connectivity index (χ0v) is 16.1. The number of rotatable bonds is 3. The van der Waals surface area contributed by atoms with Crippen LogP contribution in [0.15, 0.2) is 12.3 Å². The van der Waals surface area contributed by atoms with Crippen molar-refractivity contribution in [2.75, 3.05) is 52.9 Å². The number of likely N-dealkylation sites (tertiary alicyclic amines) is 1. The van der Waals surface area contributed by atoms with Gasteiger partial charge in [0.15, 0.2) is 0 Å². The van der Waals surface area contributed by atoms with Crippen LogP contribution in [0.3, 0.4) is 0 Å². The van der Waals surface area contributed by atoms with Crippen molar-refractivity contribution in [3.8, 4) is 0 Å². The molecule has 1 aromatic rings. The van der Waals surface area contributed by atoms with Gasteiger partial charge in [-0.1, -0.05) is 0 Å². The first-order valence-corrected chi connectivity index (χ1v) is 10.2. The zero-order valence-electron chi connectivity index (χ0n) is 16.1. The van der Waals surface area contributed by atoms with Crippen LogP contribution in [0.5, 0.6) is 0 Å². The van der Waals surface area contributed by atoms with Gasteiger partial charge in [-0.15, -0.1) is 0 Å². The Balaban J connectivity index is 1.32. The highest BCUT2D eigenvalue weighted by Crippen LogP contribution is 2.19. The van der Waals surface area contributed by atoms with E-state index in [0.717, 1.165) is 45.3 Å². The Morgan fingerprint density at radius 2 is 1.85 bits per heavy atom. The number of piperazine rings is 1. The maximum Gasteiger partial charge on any atom is 0.274 e. The zero-order chi connectivity index (χ0) is 18.8. The van der Waals surface area contributed by atoms with Crippen molar-refractivity contribution in [3.05, 3.63) is 18.0 Å². The van der Waals surface area contributed by atoms with Crippen molar-refractivity contribution >= 4 is 11.8 Å². The summed E-state index contributed by atoms with van der Waals surface area (Å²) in [5.41, 5.74) is 0.510. The van der Waals surface area contributed by atoms with Gasteiger partial charge in [0.1, 0.15) is 5.69 Å². The van der Waals surface area contributed by atoms with E-state index >= 15 is 0 Å². The number of likely N-dealkylation sites (N-methyl/N-ethyl adjacent to an activating group) is 1. The average Bonchev–Trinajstić information content (AvgIpc) is 3.37. The van der Waals surface area contributed by atoms with Crippen LogP contribution in [0.1, 0.15) is 42.2 Å². The van der Waals surface area contributed by atoms with Gasteiger partial charge in [-0.05, 0) is 51.9 Å². The Morgan fingerprint density at radius 3 is 2.52 bits per heavy atom. The maximum atomic E-state index is 12.8. The number of hydrogen-bond acceptors (Lipinski definition) is 5. The van der Waals surface area contributed by atoms with E-state index in [1.807, 2.05) is 33.8 Å². The molecule has 3 aliphatic heterocycles. The molecule has 0 radical (unpaired) electrons. The summed E-state index contributed by atoms with van der Waals surface area (Å²) in [4.78, 5) is 31.4. The number of hydrogen-bond donors (Lipinski definition) is 1. The fourth-order valence-electron chi connectivity index (χ4n) is 4.44. The van der Waals surface area contributed by atoms with Crippen molar-refractivity contribution in [2.24, 2.45) is 0 Å². The molecule has 0 spiro atoms. The molecule has 0 aromatic carbocycles. The summed E-state index contributed by atoms with van der Waals surface area (Å²) in [5, 5.41) is 7.91. The largest absolute Gasteiger partial charge is 0.338 e. The number of nitrogens with zero attached hydrogens (tertiary/aromatic N) is 5. The van der Waals surface area contributed by atoms with Crippen molar-refractivity contribution in [2.45, 2.75) is 37.8 Å². The minimum atomic E-state index is -0.0254. The van der Waals surface area contributed by atoms with E-state index in [1.54, 1.807) is 0 Å². The number of aromatic nitrogens is 2. The highest BCUT2D eigenvalue weighted by Gasteiger charge is 2.34. The predicted octanol–water partition coefficient (Wildman–Crippen LogP) is 0.186. The molecule has 0 saturated carbocycles. The second-order valence-corrected chi connectivity index (χ2v) is 7.94. The lowest BCUT2D eigenvalue weighted by atomic mass is 10.1. The van der Waals surface area contributed by atoms with E-state index in [2.05, 4.69) is 15.3 Å². The second-order valence-electron chi connectivity index (χ2n) is 7.94. The van der Waals surface area contributed by atoms with Gasteiger partial charge < -0.3 is 15.1 Å². The lowest BCUT2D eigenvalue weighted by Gasteiger charge is -2.36. The van der Waals surface area contributed by atoms with Gasteiger partial charge in [-0.3, -0.25) is 19.2 Å². The van der Waals surface area contributed by atoms with Crippen molar-refractivity contribution < 1.29 is 9.59 Å². The van der Waals surface area contributed by atoms with Crippen LogP contribution < -0.4 is 5.32 Å². The third kappa shape index (κ3) is 3.87. The Labute approximate surface area is 160 Å². The van der Waals surface area contributed by atoms with Gasteiger partial charge in [0, 0.05) is 38.9 Å². The summed E-state index contributed by atoms with van der Waals surface area (Å²) < 4.78 is 1.93. The molecule has 1 aromatic heterocycles. The van der Waals surface area contributed by atoms with Gasteiger partial charge in [0.25, 0.3) is 5.91 Å². The molecule has 4 rings (SSSR count). The molecule has 1 N–H and O–H groups in total. The number of carbonyl (C=O) groups excluding carboxylic acids is 2. The minimum Gasteiger partial charge on any atom is -0.338 e. The third-order valence-electron chi connectivity index (χ3n) is 6.16. The van der Waals surface area contributed by atoms with Crippen molar-refractivity contribution in [1.29, 1.82) is 0 Å². The SMILES string of the molecule is CN1CCCC1C(=O)N1CCN(C(=O)c2ccn(C3CCCNC3)n2)CC1. The molecule has 2 unspecified atom stereocenters. The first-order valence-electron chi connectivity index (χ1n) is 10.2. The van der Waals surface area contributed by atoms with E-state index in [4.69, 9.17) is 0 Å². The molecule has 8 heteroatoms. The van der Waals surface area contributed by atoms with Crippen LogP contribution in [-0.2, 0) is 4.79 Å². The van der Waals surface area contributed by atoms with E-state index in [0.29, 0.717) is 37.9 Å². The molecule has 2 amide bonds. The Kier molecular flexibility index (Phi) is 5.45. The molecule has 148 valence electrons. The smallest absolute Gasteiger partial charge is 0.274 e. The van der Waals surface area contributed by atoms with E-state index in [1.165, 1.54) is 0 Å².